The molecule has 0 spiro atoms. The lowest BCUT2D eigenvalue weighted by molar-refractivity contribution is -0.152. The lowest BCUT2D eigenvalue weighted by Crippen LogP contribution is -2.47. The monoisotopic (exact) mass is 467 g/mol. The highest BCUT2D eigenvalue weighted by Gasteiger charge is 2.71. The van der Waals surface area contributed by atoms with E-state index in [9.17, 15) is 14.7 Å². The highest BCUT2D eigenvalue weighted by atomic mass is 16.4. The number of carboxylic acid groups (broad SMARTS) is 1. The Bertz CT molecular complexity index is 876. The van der Waals surface area contributed by atoms with Gasteiger partial charge in [0, 0.05) is 19.0 Å². The molecule has 0 radical (unpaired) electrons. The fourth-order valence-electron chi connectivity index (χ4n) is 12.0. The van der Waals surface area contributed by atoms with Crippen molar-refractivity contribution in [3.8, 4) is 0 Å². The van der Waals surface area contributed by atoms with Crippen LogP contribution in [0.15, 0.2) is 0 Å². The third-order valence-corrected chi connectivity index (χ3v) is 13.2. The minimum Gasteiger partial charge on any atom is -0.481 e. The minimum absolute atomic E-state index is 0.242. The predicted molar refractivity (Wildman–Crippen MR) is 131 cm³/mol. The second-order valence-corrected chi connectivity index (χ2v) is 14.6. The van der Waals surface area contributed by atoms with Crippen molar-refractivity contribution >= 4 is 11.9 Å². The normalized spacial score (nSPS) is 51.4. The first-order valence-electron chi connectivity index (χ1n) is 14.8. The summed E-state index contributed by atoms with van der Waals surface area (Å²) in [5.41, 5.74) is 0.234. The van der Waals surface area contributed by atoms with E-state index in [2.05, 4.69) is 11.9 Å². The van der Waals surface area contributed by atoms with Crippen LogP contribution in [-0.4, -0.2) is 35.0 Å². The zero-order chi connectivity index (χ0) is 23.3. The summed E-state index contributed by atoms with van der Waals surface area (Å²) in [7, 11) is 2.09. The third kappa shape index (κ3) is 2.95. The fourth-order valence-corrected chi connectivity index (χ4v) is 12.0. The third-order valence-electron chi connectivity index (χ3n) is 13.2. The average molecular weight is 468 g/mol. The van der Waals surface area contributed by atoms with Crippen LogP contribution in [-0.2, 0) is 9.59 Å². The first-order chi connectivity index (χ1) is 16.3. The maximum absolute atomic E-state index is 13.6. The summed E-state index contributed by atoms with van der Waals surface area (Å²) < 4.78 is 0. The Labute approximate surface area is 205 Å². The molecule has 0 aromatic heterocycles. The van der Waals surface area contributed by atoms with Gasteiger partial charge >= 0.3 is 5.97 Å². The van der Waals surface area contributed by atoms with Gasteiger partial charge in [-0.1, -0.05) is 25.7 Å². The van der Waals surface area contributed by atoms with Gasteiger partial charge in [0.25, 0.3) is 0 Å². The zero-order valence-corrected chi connectivity index (χ0v) is 21.3. The van der Waals surface area contributed by atoms with Crippen molar-refractivity contribution in [2.24, 2.45) is 51.8 Å². The summed E-state index contributed by atoms with van der Waals surface area (Å²) in [4.78, 5) is 28.5. The molecule has 7 saturated carbocycles. The number of amides is 1. The van der Waals surface area contributed by atoms with Crippen molar-refractivity contribution in [1.82, 2.24) is 4.90 Å². The number of carboxylic acids is 1. The van der Waals surface area contributed by atoms with E-state index in [0.29, 0.717) is 35.1 Å². The predicted octanol–water partition coefficient (Wildman–Crippen LogP) is 6.28. The average Bonchev–Trinajstić information content (AvgIpc) is 3.43. The second-order valence-electron chi connectivity index (χ2n) is 14.6. The van der Waals surface area contributed by atoms with Crippen LogP contribution in [0.1, 0.15) is 109 Å². The molecule has 4 heteroatoms. The molecule has 9 unspecified atom stereocenters. The van der Waals surface area contributed by atoms with Gasteiger partial charge in [-0.15, -0.1) is 0 Å². The molecule has 7 aliphatic carbocycles. The SMILES string of the molecule is CN(C(=O)C1CC2CC3CC(C45CC6CCCC(C(=O)O)(C4)C(C6)C5)(C2)CC3C1)C1CCCC1. The van der Waals surface area contributed by atoms with Crippen LogP contribution in [0.25, 0.3) is 0 Å². The molecule has 7 fully saturated rings. The van der Waals surface area contributed by atoms with Gasteiger partial charge in [0.1, 0.15) is 0 Å². The molecule has 0 aliphatic heterocycles. The van der Waals surface area contributed by atoms with E-state index in [0.717, 1.165) is 43.9 Å². The maximum atomic E-state index is 13.6. The van der Waals surface area contributed by atoms with E-state index in [1.54, 1.807) is 0 Å². The number of rotatable bonds is 4. The molecule has 0 aromatic carbocycles. The summed E-state index contributed by atoms with van der Waals surface area (Å²) in [5.74, 6) is 3.61. The molecule has 0 aromatic rings. The minimum atomic E-state index is -0.468. The Hall–Kier alpha value is -1.06. The number of nitrogens with zero attached hydrogens (tertiary/aromatic N) is 1. The van der Waals surface area contributed by atoms with Crippen molar-refractivity contribution in [2.45, 2.75) is 115 Å². The number of carbonyl (C=O) groups is 2. The first-order valence-corrected chi connectivity index (χ1v) is 14.8. The molecule has 7 aliphatic rings. The molecule has 4 nitrogen and oxygen atoms in total. The lowest BCUT2D eigenvalue weighted by atomic mass is 9.50. The molecule has 188 valence electrons. The lowest BCUT2D eigenvalue weighted by Gasteiger charge is -2.55. The number of aliphatic carboxylic acids is 1. The van der Waals surface area contributed by atoms with Gasteiger partial charge in [-0.2, -0.15) is 0 Å². The highest BCUT2D eigenvalue weighted by Crippen LogP contribution is 2.77. The van der Waals surface area contributed by atoms with Gasteiger partial charge < -0.3 is 10.0 Å². The number of hydrogen-bond acceptors (Lipinski definition) is 2. The van der Waals surface area contributed by atoms with Crippen LogP contribution in [0.3, 0.4) is 0 Å². The summed E-state index contributed by atoms with van der Waals surface area (Å²) in [6.45, 7) is 0. The van der Waals surface area contributed by atoms with Crippen LogP contribution >= 0.6 is 0 Å². The Balaban J connectivity index is 1.16. The number of carbonyl (C=O) groups excluding carboxylic acids is 1. The fraction of sp³-hybridized carbons (Fsp3) is 0.933. The van der Waals surface area contributed by atoms with Gasteiger partial charge in [0.2, 0.25) is 5.91 Å². The Morgan fingerprint density at radius 3 is 2.29 bits per heavy atom. The van der Waals surface area contributed by atoms with E-state index in [1.165, 1.54) is 77.0 Å². The van der Waals surface area contributed by atoms with Crippen molar-refractivity contribution in [1.29, 1.82) is 0 Å². The van der Waals surface area contributed by atoms with E-state index < -0.39 is 11.4 Å². The Morgan fingerprint density at radius 1 is 0.794 bits per heavy atom. The number of fused-ring (bicyclic) bond motifs is 5. The maximum Gasteiger partial charge on any atom is 0.309 e. The van der Waals surface area contributed by atoms with Gasteiger partial charge in [0.05, 0.1) is 5.41 Å². The van der Waals surface area contributed by atoms with Gasteiger partial charge in [-0.25, -0.2) is 0 Å². The highest BCUT2D eigenvalue weighted by molar-refractivity contribution is 5.79. The van der Waals surface area contributed by atoms with Crippen molar-refractivity contribution in [2.75, 3.05) is 7.05 Å². The van der Waals surface area contributed by atoms with E-state index in [4.69, 9.17) is 0 Å². The van der Waals surface area contributed by atoms with Crippen molar-refractivity contribution in [3.05, 3.63) is 0 Å². The van der Waals surface area contributed by atoms with E-state index in [1.807, 2.05) is 0 Å². The van der Waals surface area contributed by atoms with Crippen LogP contribution in [0.4, 0.5) is 0 Å². The summed E-state index contributed by atoms with van der Waals surface area (Å²) in [6, 6.07) is 0.485. The topological polar surface area (TPSA) is 57.6 Å². The molecule has 0 saturated heterocycles. The van der Waals surface area contributed by atoms with Crippen molar-refractivity contribution < 1.29 is 14.7 Å². The molecule has 1 amide bonds. The van der Waals surface area contributed by atoms with E-state index >= 15 is 0 Å². The largest absolute Gasteiger partial charge is 0.481 e. The van der Waals surface area contributed by atoms with Crippen LogP contribution < -0.4 is 0 Å². The Morgan fingerprint density at radius 2 is 1.53 bits per heavy atom. The van der Waals surface area contributed by atoms with Crippen LogP contribution in [0.2, 0.25) is 0 Å². The summed E-state index contributed by atoms with van der Waals surface area (Å²) >= 11 is 0. The molecular weight excluding hydrogens is 422 g/mol. The molecule has 0 heterocycles. The summed E-state index contributed by atoms with van der Waals surface area (Å²) in [5, 5.41) is 10.5. The zero-order valence-electron chi connectivity index (χ0n) is 21.3. The molecule has 34 heavy (non-hydrogen) atoms. The molecule has 7 rings (SSSR count). The van der Waals surface area contributed by atoms with Crippen LogP contribution in [0.5, 0.6) is 0 Å². The van der Waals surface area contributed by atoms with Gasteiger partial charge in [-0.3, -0.25) is 9.59 Å². The number of hydrogen-bond donors (Lipinski definition) is 1. The summed E-state index contributed by atoms with van der Waals surface area (Å²) in [6.07, 6.45) is 20.5. The molecule has 1 N–H and O–H groups in total. The van der Waals surface area contributed by atoms with E-state index in [-0.39, 0.29) is 11.3 Å². The Kier molecular flexibility index (Phi) is 4.87. The standard InChI is InChI=1S/C30H45NO3/c1-31(25-6-2-3-7-25)26(32)21-9-20-10-22-15-28(14-20,16-23(22)12-21)29-13-19-5-4-8-30(18-29,27(33)34)24(11-19)17-29/h19-25H,2-18H2,1H3,(H,33,34). The van der Waals surface area contributed by atoms with Crippen LogP contribution in [0, 0.1) is 51.8 Å². The quantitative estimate of drug-likeness (QED) is 0.529. The molecule has 9 atom stereocenters. The molecule has 6 bridgehead atoms. The first kappa shape index (κ1) is 22.2. The van der Waals surface area contributed by atoms with Gasteiger partial charge in [-0.05, 0) is 124 Å². The smallest absolute Gasteiger partial charge is 0.309 e. The van der Waals surface area contributed by atoms with Crippen molar-refractivity contribution in [3.63, 3.8) is 0 Å². The van der Waals surface area contributed by atoms with Gasteiger partial charge in [0.15, 0.2) is 0 Å². The second kappa shape index (κ2) is 7.48. The molecular formula is C30H45NO3.